The number of hydrogen-bond donors (Lipinski definition) is 0. The fraction of sp³-hybridized carbons (Fsp3) is 0. The Morgan fingerprint density at radius 2 is 1.04 bits per heavy atom. The van der Waals surface area contributed by atoms with Crippen molar-refractivity contribution in [1.82, 2.24) is 4.98 Å². The van der Waals surface area contributed by atoms with Gasteiger partial charge in [-0.05, 0) is 82.1 Å². The van der Waals surface area contributed by atoms with Crippen molar-refractivity contribution in [3.8, 4) is 22.3 Å². The highest BCUT2D eigenvalue weighted by Gasteiger charge is 2.20. The summed E-state index contributed by atoms with van der Waals surface area (Å²) in [5.41, 5.74) is 10.9. The zero-order valence-corrected chi connectivity index (χ0v) is 26.4. The van der Waals surface area contributed by atoms with Crippen molar-refractivity contribution < 1.29 is 8.83 Å². The molecule has 4 heteroatoms. The van der Waals surface area contributed by atoms with Gasteiger partial charge in [0.15, 0.2) is 0 Å². The van der Waals surface area contributed by atoms with Crippen molar-refractivity contribution in [3.63, 3.8) is 0 Å². The van der Waals surface area contributed by atoms with Gasteiger partial charge in [-0.1, -0.05) is 109 Å². The van der Waals surface area contributed by atoms with E-state index in [1.807, 2.05) is 42.6 Å². The second-order valence-electron chi connectivity index (χ2n) is 12.4. The highest BCUT2D eigenvalue weighted by molar-refractivity contribution is 6.13. The number of hydrogen-bond acceptors (Lipinski definition) is 4. The Bertz CT molecular complexity index is 2820. The SMILES string of the molecule is c1ccc2c(-c3ccc(N(c4ccc(-c5cnc6oc7ccccc7c6c5)cc4)c4cccc5oc6ccccc6c45)cc3)cccc2c1. The number of pyridine rings is 1. The van der Waals surface area contributed by atoms with Crippen molar-refractivity contribution >= 4 is 71.8 Å². The topological polar surface area (TPSA) is 42.4 Å². The van der Waals surface area contributed by atoms with Gasteiger partial charge in [-0.15, -0.1) is 0 Å². The van der Waals surface area contributed by atoms with E-state index in [2.05, 4.69) is 137 Å². The van der Waals surface area contributed by atoms with Crippen LogP contribution in [0.15, 0.2) is 179 Å². The minimum Gasteiger partial charge on any atom is -0.456 e. The van der Waals surface area contributed by atoms with Gasteiger partial charge >= 0.3 is 0 Å². The van der Waals surface area contributed by atoms with Gasteiger partial charge in [0.25, 0.3) is 0 Å². The van der Waals surface area contributed by atoms with E-state index in [1.165, 1.54) is 21.9 Å². The average molecular weight is 629 g/mol. The lowest BCUT2D eigenvalue weighted by Gasteiger charge is -2.26. The normalized spacial score (nSPS) is 11.7. The van der Waals surface area contributed by atoms with Gasteiger partial charge in [-0.3, -0.25) is 0 Å². The van der Waals surface area contributed by atoms with Crippen molar-refractivity contribution in [1.29, 1.82) is 0 Å². The lowest BCUT2D eigenvalue weighted by molar-refractivity contribution is 0.654. The lowest BCUT2D eigenvalue weighted by Crippen LogP contribution is -2.10. The maximum absolute atomic E-state index is 6.33. The van der Waals surface area contributed by atoms with Crippen LogP contribution in [0.5, 0.6) is 0 Å². The Labute approximate surface area is 282 Å². The monoisotopic (exact) mass is 628 g/mol. The molecule has 4 nitrogen and oxygen atoms in total. The molecule has 0 bridgehead atoms. The first-order valence-electron chi connectivity index (χ1n) is 16.4. The van der Waals surface area contributed by atoms with E-state index in [0.717, 1.165) is 66.5 Å². The number of rotatable bonds is 5. The molecule has 10 aromatic rings. The zero-order valence-electron chi connectivity index (χ0n) is 26.4. The summed E-state index contributed by atoms with van der Waals surface area (Å²) in [4.78, 5) is 6.99. The maximum Gasteiger partial charge on any atom is 0.227 e. The van der Waals surface area contributed by atoms with E-state index < -0.39 is 0 Å². The van der Waals surface area contributed by atoms with E-state index in [9.17, 15) is 0 Å². The van der Waals surface area contributed by atoms with Crippen molar-refractivity contribution in [2.45, 2.75) is 0 Å². The first-order chi connectivity index (χ1) is 24.3. The summed E-state index contributed by atoms with van der Waals surface area (Å²) in [5.74, 6) is 0. The fourth-order valence-electron chi connectivity index (χ4n) is 7.21. The number of aromatic nitrogens is 1. The third-order valence-corrected chi connectivity index (χ3v) is 9.54. The standard InChI is InChI=1S/C45H28N2O2/c1-2-11-35-30(9-1)10-7-14-36(35)31-21-25-34(26-22-31)47(40-15-8-18-43-44(40)38-13-4-6-17-42(38)48-43)33-23-19-29(20-24-33)32-27-39-37-12-3-5-16-41(37)49-45(39)46-28-32/h1-28H. The molecule has 0 aliphatic rings. The molecule has 10 rings (SSSR count). The maximum atomic E-state index is 6.33. The van der Waals surface area contributed by atoms with E-state index >= 15 is 0 Å². The highest BCUT2D eigenvalue weighted by atomic mass is 16.3. The molecule has 230 valence electrons. The summed E-state index contributed by atoms with van der Waals surface area (Å²) in [6, 6.07) is 57.5. The van der Waals surface area contributed by atoms with Crippen molar-refractivity contribution in [3.05, 3.63) is 170 Å². The molecule has 0 aliphatic heterocycles. The van der Waals surface area contributed by atoms with Crippen molar-refractivity contribution in [2.24, 2.45) is 0 Å². The molecule has 0 fully saturated rings. The molecule has 7 aromatic carbocycles. The number of fused-ring (bicyclic) bond motifs is 7. The quantitative estimate of drug-likeness (QED) is 0.190. The van der Waals surface area contributed by atoms with E-state index in [4.69, 9.17) is 8.83 Å². The molecule has 0 spiro atoms. The molecule has 0 unspecified atom stereocenters. The second-order valence-corrected chi connectivity index (χ2v) is 12.4. The van der Waals surface area contributed by atoms with Crippen LogP contribution in [0.25, 0.3) is 77.0 Å². The number of nitrogens with zero attached hydrogens (tertiary/aromatic N) is 2. The highest BCUT2D eigenvalue weighted by Crippen LogP contribution is 2.44. The van der Waals surface area contributed by atoms with E-state index in [1.54, 1.807) is 0 Å². The number of furan rings is 2. The van der Waals surface area contributed by atoms with Crippen LogP contribution >= 0.6 is 0 Å². The van der Waals surface area contributed by atoms with Crippen LogP contribution in [0.3, 0.4) is 0 Å². The first kappa shape index (κ1) is 27.5. The predicted molar refractivity (Wildman–Crippen MR) is 202 cm³/mol. The largest absolute Gasteiger partial charge is 0.456 e. The Morgan fingerprint density at radius 3 is 1.84 bits per heavy atom. The predicted octanol–water partition coefficient (Wildman–Crippen LogP) is 12.8. The Hall–Kier alpha value is -6.65. The molecule has 0 amide bonds. The molecular weight excluding hydrogens is 601 g/mol. The van der Waals surface area contributed by atoms with Crippen LogP contribution in [-0.4, -0.2) is 4.98 Å². The summed E-state index contributed by atoms with van der Waals surface area (Å²) in [6.45, 7) is 0. The molecule has 3 aromatic heterocycles. The van der Waals surface area contributed by atoms with Crippen LogP contribution in [0.2, 0.25) is 0 Å². The van der Waals surface area contributed by atoms with Gasteiger partial charge in [0, 0.05) is 39.3 Å². The third kappa shape index (κ3) is 4.49. The van der Waals surface area contributed by atoms with Crippen LogP contribution in [0.1, 0.15) is 0 Å². The van der Waals surface area contributed by atoms with Crippen molar-refractivity contribution in [2.75, 3.05) is 4.90 Å². The van der Waals surface area contributed by atoms with Gasteiger partial charge in [0.1, 0.15) is 16.7 Å². The third-order valence-electron chi connectivity index (χ3n) is 9.54. The Kier molecular flexibility index (Phi) is 6.15. The molecule has 49 heavy (non-hydrogen) atoms. The summed E-state index contributed by atoms with van der Waals surface area (Å²) >= 11 is 0. The number of para-hydroxylation sites is 2. The van der Waals surface area contributed by atoms with Crippen LogP contribution in [0, 0.1) is 0 Å². The van der Waals surface area contributed by atoms with Crippen LogP contribution in [-0.2, 0) is 0 Å². The second kappa shape index (κ2) is 11.0. The minimum atomic E-state index is 0.653. The summed E-state index contributed by atoms with van der Waals surface area (Å²) < 4.78 is 12.3. The van der Waals surface area contributed by atoms with E-state index in [0.29, 0.717) is 5.71 Å². The minimum absolute atomic E-state index is 0.653. The Morgan fingerprint density at radius 1 is 0.429 bits per heavy atom. The van der Waals surface area contributed by atoms with Gasteiger partial charge in [0.2, 0.25) is 5.71 Å². The molecule has 0 atom stereocenters. The van der Waals surface area contributed by atoms with Gasteiger partial charge < -0.3 is 13.7 Å². The van der Waals surface area contributed by atoms with Crippen LogP contribution in [0.4, 0.5) is 17.1 Å². The summed E-state index contributed by atoms with van der Waals surface area (Å²) in [7, 11) is 0. The molecule has 0 radical (unpaired) electrons. The molecule has 0 saturated carbocycles. The zero-order chi connectivity index (χ0) is 32.3. The van der Waals surface area contributed by atoms with Crippen LogP contribution < -0.4 is 4.90 Å². The number of benzene rings is 7. The van der Waals surface area contributed by atoms with E-state index in [-0.39, 0.29) is 0 Å². The van der Waals surface area contributed by atoms with Gasteiger partial charge in [0.05, 0.1) is 11.1 Å². The molecule has 0 saturated heterocycles. The van der Waals surface area contributed by atoms with Gasteiger partial charge in [-0.25, -0.2) is 4.98 Å². The van der Waals surface area contributed by atoms with Gasteiger partial charge in [-0.2, -0.15) is 0 Å². The Balaban J connectivity index is 1.11. The smallest absolute Gasteiger partial charge is 0.227 e. The molecule has 0 N–H and O–H groups in total. The summed E-state index contributed by atoms with van der Waals surface area (Å²) in [6.07, 6.45) is 1.89. The molecule has 3 heterocycles. The summed E-state index contributed by atoms with van der Waals surface area (Å²) in [5, 5.41) is 6.75. The molecule has 0 aliphatic carbocycles. The number of anilines is 3. The fourth-order valence-corrected chi connectivity index (χ4v) is 7.21. The first-order valence-corrected chi connectivity index (χ1v) is 16.4. The average Bonchev–Trinajstić information content (AvgIpc) is 3.74. The molecular formula is C45H28N2O2. The lowest BCUT2D eigenvalue weighted by atomic mass is 9.98.